The fraction of sp³-hybridized carbons (Fsp3) is 0.444. The highest BCUT2D eigenvalue weighted by Crippen LogP contribution is 2.24. The Bertz CT molecular complexity index is 997. The molecule has 182 valence electrons. The quantitative estimate of drug-likeness (QED) is 0.624. The minimum Gasteiger partial charge on any atom is -0.497 e. The topological polar surface area (TPSA) is 87.7 Å². The van der Waals surface area contributed by atoms with Gasteiger partial charge in [-0.15, -0.1) is 0 Å². The Labute approximate surface area is 201 Å². The van der Waals surface area contributed by atoms with Crippen molar-refractivity contribution in [2.75, 3.05) is 20.2 Å². The molecule has 2 N–H and O–H groups in total. The first-order chi connectivity index (χ1) is 16.3. The van der Waals surface area contributed by atoms with Crippen LogP contribution in [0.2, 0.25) is 0 Å². The second-order valence-corrected chi connectivity index (χ2v) is 8.94. The average molecular weight is 466 g/mol. The summed E-state index contributed by atoms with van der Waals surface area (Å²) < 4.78 is 5.16. The summed E-state index contributed by atoms with van der Waals surface area (Å²) in [7, 11) is 1.57. The van der Waals surface area contributed by atoms with E-state index in [4.69, 9.17) is 4.74 Å². The first kappa shape index (κ1) is 25.3. The lowest BCUT2D eigenvalue weighted by atomic mass is 9.88. The van der Waals surface area contributed by atoms with Gasteiger partial charge in [-0.3, -0.25) is 14.4 Å². The molecule has 0 radical (unpaired) electrons. The number of benzene rings is 2. The van der Waals surface area contributed by atoms with E-state index in [-0.39, 0.29) is 29.7 Å². The molecule has 0 saturated carbocycles. The van der Waals surface area contributed by atoms with Gasteiger partial charge in [-0.25, -0.2) is 0 Å². The molecule has 2 aromatic carbocycles. The number of hydrogen-bond donors (Lipinski definition) is 2. The second kappa shape index (κ2) is 11.7. The van der Waals surface area contributed by atoms with Crippen molar-refractivity contribution >= 4 is 17.7 Å². The number of carbonyl (C=O) groups is 3. The van der Waals surface area contributed by atoms with Gasteiger partial charge in [-0.05, 0) is 74.9 Å². The number of piperidine rings is 1. The Morgan fingerprint density at radius 3 is 2.26 bits per heavy atom. The summed E-state index contributed by atoms with van der Waals surface area (Å²) >= 11 is 0. The maximum Gasteiger partial charge on any atom is 0.254 e. The van der Waals surface area contributed by atoms with Crippen molar-refractivity contribution in [3.8, 4) is 5.75 Å². The van der Waals surface area contributed by atoms with Crippen molar-refractivity contribution in [1.29, 1.82) is 0 Å². The van der Waals surface area contributed by atoms with E-state index < -0.39 is 6.04 Å². The zero-order valence-electron chi connectivity index (χ0n) is 20.5. The summed E-state index contributed by atoms with van der Waals surface area (Å²) in [6, 6.07) is 13.7. The van der Waals surface area contributed by atoms with E-state index in [2.05, 4.69) is 10.6 Å². The van der Waals surface area contributed by atoms with E-state index in [1.807, 2.05) is 49.9 Å². The summed E-state index contributed by atoms with van der Waals surface area (Å²) in [5.41, 5.74) is 2.13. The minimum absolute atomic E-state index is 0.00983. The van der Waals surface area contributed by atoms with Gasteiger partial charge in [0.2, 0.25) is 5.91 Å². The van der Waals surface area contributed by atoms with Crippen LogP contribution in [0.15, 0.2) is 48.5 Å². The molecule has 1 heterocycles. The van der Waals surface area contributed by atoms with Crippen LogP contribution in [0.4, 0.5) is 0 Å². The first-order valence-electron chi connectivity index (χ1n) is 11.9. The third kappa shape index (κ3) is 6.16. The lowest BCUT2D eigenvalue weighted by Crippen LogP contribution is -2.55. The number of amides is 3. The van der Waals surface area contributed by atoms with Gasteiger partial charge >= 0.3 is 0 Å². The maximum absolute atomic E-state index is 13.1. The molecule has 3 rings (SSSR count). The van der Waals surface area contributed by atoms with E-state index in [1.165, 1.54) is 0 Å². The van der Waals surface area contributed by atoms with E-state index in [0.717, 1.165) is 12.0 Å². The maximum atomic E-state index is 13.1. The predicted molar refractivity (Wildman–Crippen MR) is 132 cm³/mol. The SMILES string of the molecule is CC[C@H](C)NC(=O)[C@@H](NC(=O)c1ccc(OC)cc1)C1CCN(C(=O)c2ccccc2C)CC1. The Kier molecular flexibility index (Phi) is 8.68. The number of nitrogens with zero attached hydrogens (tertiary/aromatic N) is 1. The number of carbonyl (C=O) groups excluding carboxylic acids is 3. The lowest BCUT2D eigenvalue weighted by Gasteiger charge is -2.36. The van der Waals surface area contributed by atoms with Gasteiger partial charge in [0.25, 0.3) is 11.8 Å². The van der Waals surface area contributed by atoms with Crippen LogP contribution in [0.3, 0.4) is 0 Å². The molecule has 1 fully saturated rings. The Morgan fingerprint density at radius 2 is 1.68 bits per heavy atom. The molecular weight excluding hydrogens is 430 g/mol. The van der Waals surface area contributed by atoms with Gasteiger partial charge in [0.1, 0.15) is 11.8 Å². The highest BCUT2D eigenvalue weighted by Gasteiger charge is 2.34. The Morgan fingerprint density at radius 1 is 1.03 bits per heavy atom. The number of rotatable bonds is 8. The van der Waals surface area contributed by atoms with Gasteiger partial charge in [0, 0.05) is 30.3 Å². The third-order valence-corrected chi connectivity index (χ3v) is 6.60. The number of aryl methyl sites for hydroxylation is 1. The zero-order chi connectivity index (χ0) is 24.7. The van der Waals surface area contributed by atoms with Gasteiger partial charge in [-0.2, -0.15) is 0 Å². The molecule has 0 aliphatic carbocycles. The first-order valence-corrected chi connectivity index (χ1v) is 11.9. The zero-order valence-corrected chi connectivity index (χ0v) is 20.5. The Hall–Kier alpha value is -3.35. The van der Waals surface area contributed by atoms with Gasteiger partial charge in [0.15, 0.2) is 0 Å². The van der Waals surface area contributed by atoms with Crippen molar-refractivity contribution in [3.63, 3.8) is 0 Å². The van der Waals surface area contributed by atoms with Crippen LogP contribution in [-0.4, -0.2) is 54.9 Å². The molecule has 3 amide bonds. The van der Waals surface area contributed by atoms with Crippen LogP contribution in [0.1, 0.15) is 59.4 Å². The summed E-state index contributed by atoms with van der Waals surface area (Å²) in [5.74, 6) is 0.130. The van der Waals surface area contributed by atoms with Crippen molar-refractivity contribution in [3.05, 3.63) is 65.2 Å². The molecule has 0 spiro atoms. The molecule has 1 aliphatic rings. The van der Waals surface area contributed by atoms with Crippen molar-refractivity contribution in [2.24, 2.45) is 5.92 Å². The number of nitrogens with one attached hydrogen (secondary N) is 2. The molecule has 1 aliphatic heterocycles. The fourth-order valence-corrected chi connectivity index (χ4v) is 4.22. The molecule has 0 aromatic heterocycles. The largest absolute Gasteiger partial charge is 0.497 e. The fourth-order valence-electron chi connectivity index (χ4n) is 4.22. The molecule has 1 saturated heterocycles. The van der Waals surface area contributed by atoms with Crippen LogP contribution >= 0.6 is 0 Å². The Balaban J connectivity index is 1.71. The van der Waals surface area contributed by atoms with Crippen molar-refractivity contribution < 1.29 is 19.1 Å². The number of methoxy groups -OCH3 is 1. The summed E-state index contributed by atoms with van der Waals surface area (Å²) in [6.07, 6.45) is 2.08. The van der Waals surface area contributed by atoms with Crippen LogP contribution in [-0.2, 0) is 4.79 Å². The monoisotopic (exact) mass is 465 g/mol. The molecule has 2 aromatic rings. The summed E-state index contributed by atoms with van der Waals surface area (Å²) in [6.45, 7) is 6.98. The predicted octanol–water partition coefficient (Wildman–Crippen LogP) is 3.57. The minimum atomic E-state index is -0.667. The lowest BCUT2D eigenvalue weighted by molar-refractivity contribution is -0.125. The van der Waals surface area contributed by atoms with Crippen molar-refractivity contribution in [2.45, 2.75) is 52.1 Å². The van der Waals surface area contributed by atoms with Crippen LogP contribution in [0.5, 0.6) is 5.75 Å². The van der Waals surface area contributed by atoms with E-state index in [0.29, 0.717) is 42.8 Å². The van der Waals surface area contributed by atoms with Gasteiger partial charge < -0.3 is 20.3 Å². The van der Waals surface area contributed by atoms with Crippen LogP contribution in [0.25, 0.3) is 0 Å². The van der Waals surface area contributed by atoms with Crippen molar-refractivity contribution in [1.82, 2.24) is 15.5 Å². The molecular formula is C27H35N3O4. The summed E-state index contributed by atoms with van der Waals surface area (Å²) in [5, 5.41) is 5.97. The smallest absolute Gasteiger partial charge is 0.254 e. The highest BCUT2D eigenvalue weighted by atomic mass is 16.5. The molecule has 0 bridgehead atoms. The number of ether oxygens (including phenoxy) is 1. The molecule has 7 nitrogen and oxygen atoms in total. The van der Waals surface area contributed by atoms with E-state index >= 15 is 0 Å². The number of likely N-dealkylation sites (tertiary alicyclic amines) is 1. The van der Waals surface area contributed by atoms with Gasteiger partial charge in [-0.1, -0.05) is 25.1 Å². The van der Waals surface area contributed by atoms with Crippen LogP contribution < -0.4 is 15.4 Å². The van der Waals surface area contributed by atoms with E-state index in [1.54, 1.807) is 31.4 Å². The average Bonchev–Trinajstić information content (AvgIpc) is 2.87. The highest BCUT2D eigenvalue weighted by molar-refractivity contribution is 5.98. The van der Waals surface area contributed by atoms with Crippen LogP contribution in [0, 0.1) is 12.8 Å². The molecule has 0 unspecified atom stereocenters. The third-order valence-electron chi connectivity index (χ3n) is 6.60. The second-order valence-electron chi connectivity index (χ2n) is 8.94. The van der Waals surface area contributed by atoms with E-state index in [9.17, 15) is 14.4 Å². The summed E-state index contributed by atoms with van der Waals surface area (Å²) in [4.78, 5) is 40.9. The van der Waals surface area contributed by atoms with Gasteiger partial charge in [0.05, 0.1) is 7.11 Å². The molecule has 7 heteroatoms. The molecule has 34 heavy (non-hydrogen) atoms. The molecule has 2 atom stereocenters. The number of hydrogen-bond acceptors (Lipinski definition) is 4. The standard InChI is InChI=1S/C27H35N3O4/c1-5-19(3)28-26(32)24(29-25(31)21-10-12-22(34-4)13-11-21)20-14-16-30(17-15-20)27(33)23-9-7-6-8-18(23)2/h6-13,19-20,24H,5,14-17H2,1-4H3,(H,28,32)(H,29,31)/t19-,24-/m0/s1. The normalized spacial score (nSPS) is 15.8.